The van der Waals surface area contributed by atoms with Crippen LogP contribution in [-0.2, 0) is 23.0 Å². The van der Waals surface area contributed by atoms with Gasteiger partial charge < -0.3 is 4.57 Å². The number of hydrogen-bond acceptors (Lipinski definition) is 4. The average molecular weight is 561 g/mol. The molecule has 3 heterocycles. The Kier molecular flexibility index (Phi) is 6.37. The van der Waals surface area contributed by atoms with Crippen LogP contribution in [0.1, 0.15) is 47.9 Å². The maximum atomic E-state index is 14.3. The molecule has 2 aliphatic rings. The molecule has 4 atom stereocenters. The van der Waals surface area contributed by atoms with E-state index in [2.05, 4.69) is 22.0 Å². The van der Waals surface area contributed by atoms with E-state index in [-0.39, 0.29) is 28.5 Å². The van der Waals surface area contributed by atoms with Gasteiger partial charge in [-0.15, -0.1) is 0 Å². The summed E-state index contributed by atoms with van der Waals surface area (Å²) in [5.41, 5.74) is 2.82. The van der Waals surface area contributed by atoms with E-state index in [0.717, 1.165) is 28.9 Å². The lowest BCUT2D eigenvalue weighted by atomic mass is 9.58. The van der Waals surface area contributed by atoms with Gasteiger partial charge in [0.1, 0.15) is 17.3 Å². The number of nitrogens with zero attached hydrogens (tertiary/aromatic N) is 4. The lowest BCUT2D eigenvalue weighted by Gasteiger charge is -2.46. The summed E-state index contributed by atoms with van der Waals surface area (Å²) in [6, 6.07) is 10.7. The number of rotatable bonds is 6. The fourth-order valence-electron chi connectivity index (χ4n) is 6.37. The number of fused-ring (bicyclic) bond motifs is 2. The second kappa shape index (κ2) is 9.66. The van der Waals surface area contributed by atoms with E-state index in [0.29, 0.717) is 24.2 Å². The molecule has 6 rings (SSSR count). The third-order valence-corrected chi connectivity index (χ3v) is 11.3. The van der Waals surface area contributed by atoms with Gasteiger partial charge in [-0.25, -0.2) is 8.78 Å². The number of aryl methyl sites for hydroxylation is 1. The number of ketones is 1. The smallest absolute Gasteiger partial charge is 0.191 e. The molecule has 2 unspecified atom stereocenters. The highest BCUT2D eigenvalue weighted by Crippen LogP contribution is 2.53. The number of benzene rings is 1. The van der Waals surface area contributed by atoms with Crippen LogP contribution in [0.2, 0.25) is 0 Å². The molecule has 40 heavy (non-hydrogen) atoms. The normalized spacial score (nSPS) is 22.5. The van der Waals surface area contributed by atoms with Crippen LogP contribution in [-0.4, -0.2) is 40.4 Å². The molecular formula is C31H30F2N4O2S. The molecule has 2 aliphatic carbocycles. The monoisotopic (exact) mass is 560 g/mol. The summed E-state index contributed by atoms with van der Waals surface area (Å²) in [7, 11) is -0.923. The van der Waals surface area contributed by atoms with Gasteiger partial charge in [-0.05, 0) is 85.5 Å². The highest BCUT2D eigenvalue weighted by molar-refractivity contribution is 8.00. The number of Topliss-reactive ketones (excluding diaryl/α,β-unsaturated/α-hetero) is 1. The maximum Gasteiger partial charge on any atom is 0.191 e. The van der Waals surface area contributed by atoms with Gasteiger partial charge in [-0.2, -0.15) is 5.10 Å². The van der Waals surface area contributed by atoms with Gasteiger partial charge >= 0.3 is 0 Å². The molecular weight excluding hydrogens is 530 g/mol. The van der Waals surface area contributed by atoms with Crippen molar-refractivity contribution in [3.8, 4) is 5.69 Å². The Hall–Kier alpha value is -3.85. The van der Waals surface area contributed by atoms with Crippen molar-refractivity contribution in [3.05, 3.63) is 101 Å². The van der Waals surface area contributed by atoms with Crippen molar-refractivity contribution in [2.45, 2.75) is 42.8 Å². The number of halogens is 2. The molecule has 1 aromatic carbocycles. The largest absolute Gasteiger partial charge is 0.317 e. The zero-order chi connectivity index (χ0) is 28.2. The standard InChI is InChI=1S/C31H30F2N4O2S/c1-20(40(3,39)27-18-35-36(2)19-27)21-4-5-23-14-29-22(11-13-37(29)26-8-6-24(32)7-9-26)17-31(23,16-21)30(38)28-15-25(33)10-12-34-28/h6-15,18-21H,3-5,16-17H2,1-2H3/t20?,21-,31+,40?/m0/s1. The predicted molar refractivity (Wildman–Crippen MR) is 152 cm³/mol. The summed E-state index contributed by atoms with van der Waals surface area (Å²) in [4.78, 5) is 19.1. The Morgan fingerprint density at radius 1 is 1.18 bits per heavy atom. The third kappa shape index (κ3) is 4.33. The Morgan fingerprint density at radius 3 is 2.65 bits per heavy atom. The van der Waals surface area contributed by atoms with Crippen molar-refractivity contribution in [1.29, 1.82) is 0 Å². The van der Waals surface area contributed by atoms with Gasteiger partial charge in [0.05, 0.1) is 16.5 Å². The van der Waals surface area contributed by atoms with E-state index in [1.807, 2.05) is 23.8 Å². The van der Waals surface area contributed by atoms with Gasteiger partial charge in [0.2, 0.25) is 0 Å². The number of pyridine rings is 1. The summed E-state index contributed by atoms with van der Waals surface area (Å²) in [6.45, 7) is 1.94. The van der Waals surface area contributed by atoms with Crippen LogP contribution >= 0.6 is 0 Å². The van der Waals surface area contributed by atoms with Crippen LogP contribution in [0.5, 0.6) is 0 Å². The Balaban J connectivity index is 1.43. The minimum absolute atomic E-state index is 0.0689. The van der Waals surface area contributed by atoms with Crippen molar-refractivity contribution in [2.24, 2.45) is 18.4 Å². The molecule has 1 saturated carbocycles. The second-order valence-electron chi connectivity index (χ2n) is 11.0. The van der Waals surface area contributed by atoms with E-state index < -0.39 is 20.8 Å². The highest BCUT2D eigenvalue weighted by atomic mass is 32.2. The molecule has 0 spiro atoms. The summed E-state index contributed by atoms with van der Waals surface area (Å²) >= 11 is 0. The lowest BCUT2D eigenvalue weighted by molar-refractivity contribution is 0.0753. The molecule has 206 valence electrons. The third-order valence-electron chi connectivity index (χ3n) is 8.66. The number of aromatic nitrogens is 4. The number of hydrogen-bond donors (Lipinski definition) is 0. The number of carbonyl (C=O) groups is 1. The van der Waals surface area contributed by atoms with Crippen LogP contribution in [0.15, 0.2) is 77.7 Å². The van der Waals surface area contributed by atoms with Crippen LogP contribution in [0.25, 0.3) is 11.8 Å². The summed E-state index contributed by atoms with van der Waals surface area (Å²) in [6.07, 6.45) is 10.9. The van der Waals surface area contributed by atoms with Crippen LogP contribution in [0, 0.1) is 23.0 Å². The van der Waals surface area contributed by atoms with E-state index >= 15 is 0 Å². The van der Waals surface area contributed by atoms with Gasteiger partial charge in [0.25, 0.3) is 0 Å². The zero-order valence-electron chi connectivity index (χ0n) is 22.4. The molecule has 3 aromatic heterocycles. The fraction of sp³-hybridized carbons (Fsp3) is 0.290. The summed E-state index contributed by atoms with van der Waals surface area (Å²) in [5, 5.41) is 3.88. The molecule has 0 bridgehead atoms. The van der Waals surface area contributed by atoms with Crippen molar-refractivity contribution in [2.75, 3.05) is 0 Å². The van der Waals surface area contributed by atoms with E-state index in [1.54, 1.807) is 36.3 Å². The maximum absolute atomic E-state index is 14.3. The van der Waals surface area contributed by atoms with Crippen molar-refractivity contribution >= 4 is 27.3 Å². The zero-order valence-corrected chi connectivity index (χ0v) is 23.2. The minimum atomic E-state index is -2.70. The second-order valence-corrected chi connectivity index (χ2v) is 13.6. The average Bonchev–Trinajstić information content (AvgIpc) is 3.57. The van der Waals surface area contributed by atoms with Crippen molar-refractivity contribution < 1.29 is 17.8 Å². The molecule has 6 nitrogen and oxygen atoms in total. The van der Waals surface area contributed by atoms with Gasteiger partial charge in [0.15, 0.2) is 5.78 Å². The van der Waals surface area contributed by atoms with E-state index in [1.165, 1.54) is 30.5 Å². The van der Waals surface area contributed by atoms with Crippen molar-refractivity contribution in [1.82, 2.24) is 19.3 Å². The van der Waals surface area contributed by atoms with Gasteiger partial charge in [0, 0.05) is 57.9 Å². The Labute approximate surface area is 232 Å². The summed E-state index contributed by atoms with van der Waals surface area (Å²) in [5.74, 6) is 3.01. The van der Waals surface area contributed by atoms with Gasteiger partial charge in [-0.3, -0.25) is 18.7 Å². The quantitative estimate of drug-likeness (QED) is 0.226. The first kappa shape index (κ1) is 26.4. The molecule has 0 saturated heterocycles. The minimum Gasteiger partial charge on any atom is -0.317 e. The van der Waals surface area contributed by atoms with Crippen LogP contribution in [0.4, 0.5) is 8.78 Å². The molecule has 4 aromatic rings. The predicted octanol–water partition coefficient (Wildman–Crippen LogP) is 5.66. The number of carbonyl (C=O) groups excluding carboxylic acids is 1. The molecule has 0 N–H and O–H groups in total. The fourth-order valence-corrected chi connectivity index (χ4v) is 8.21. The number of allylic oxidation sites excluding steroid dienone is 1. The van der Waals surface area contributed by atoms with Crippen LogP contribution in [0.3, 0.4) is 0 Å². The molecule has 0 amide bonds. The first-order chi connectivity index (χ1) is 19.1. The molecule has 9 heteroatoms. The first-order valence-electron chi connectivity index (χ1n) is 13.3. The molecule has 0 radical (unpaired) electrons. The van der Waals surface area contributed by atoms with E-state index in [9.17, 15) is 17.8 Å². The van der Waals surface area contributed by atoms with Crippen molar-refractivity contribution in [3.63, 3.8) is 0 Å². The Bertz CT molecular complexity index is 1750. The lowest BCUT2D eigenvalue weighted by Crippen LogP contribution is -2.45. The SMILES string of the molecule is C=S(=O)(c1cnn(C)c1)C(C)[C@H]1CCC2=Cc3c(ccn3-c3ccc(F)cc3)C[C@]2(C(=O)c2cc(F)ccn2)C1. The Morgan fingerprint density at radius 2 is 1.95 bits per heavy atom. The first-order valence-corrected chi connectivity index (χ1v) is 15.1. The highest BCUT2D eigenvalue weighted by Gasteiger charge is 2.50. The topological polar surface area (TPSA) is 69.8 Å². The molecule has 0 aliphatic heterocycles. The van der Waals surface area contributed by atoms with Crippen LogP contribution < -0.4 is 0 Å². The van der Waals surface area contributed by atoms with E-state index in [4.69, 9.17) is 0 Å². The summed E-state index contributed by atoms with van der Waals surface area (Å²) < 4.78 is 45.4. The van der Waals surface area contributed by atoms with Gasteiger partial charge in [-0.1, -0.05) is 12.5 Å². The molecule has 1 fully saturated rings.